The number of carbonyl (C=O) groups is 1. The van der Waals surface area contributed by atoms with Gasteiger partial charge in [0.15, 0.2) is 5.82 Å². The van der Waals surface area contributed by atoms with E-state index in [0.717, 1.165) is 23.5 Å². The highest BCUT2D eigenvalue weighted by atomic mass is 19.1. The summed E-state index contributed by atoms with van der Waals surface area (Å²) in [4.78, 5) is 16.6. The Morgan fingerprint density at radius 2 is 1.92 bits per heavy atom. The lowest BCUT2D eigenvalue weighted by Gasteiger charge is -2.15. The smallest absolute Gasteiger partial charge is 0.253 e. The van der Waals surface area contributed by atoms with E-state index in [9.17, 15) is 13.6 Å². The average molecular weight is 356 g/mol. The molecule has 2 aromatic heterocycles. The fraction of sp³-hybridized carbons (Fsp3) is 0.211. The van der Waals surface area contributed by atoms with Crippen molar-refractivity contribution in [1.29, 1.82) is 0 Å². The fourth-order valence-electron chi connectivity index (χ4n) is 2.72. The molecule has 0 spiro atoms. The number of hydrogen-bond acceptors (Lipinski definition) is 3. The molecule has 1 amide bonds. The van der Waals surface area contributed by atoms with Crippen LogP contribution >= 0.6 is 0 Å². The third kappa shape index (κ3) is 3.61. The maximum Gasteiger partial charge on any atom is 0.253 e. The average Bonchev–Trinajstić information content (AvgIpc) is 2.93. The first-order valence-corrected chi connectivity index (χ1v) is 8.10. The van der Waals surface area contributed by atoms with Crippen LogP contribution in [0.25, 0.3) is 5.82 Å². The summed E-state index contributed by atoms with van der Waals surface area (Å²) in [5, 5.41) is 7.02. The number of aromatic nitrogens is 3. The molecule has 1 unspecified atom stereocenters. The Hall–Kier alpha value is -3.09. The minimum atomic E-state index is -0.698. The maximum absolute atomic E-state index is 13.8. The van der Waals surface area contributed by atoms with E-state index in [0.29, 0.717) is 11.4 Å². The predicted molar refractivity (Wildman–Crippen MR) is 93.1 cm³/mol. The Kier molecular flexibility index (Phi) is 4.79. The molecule has 5 nitrogen and oxygen atoms in total. The minimum absolute atomic E-state index is 0.215. The van der Waals surface area contributed by atoms with E-state index in [1.165, 1.54) is 12.3 Å². The second kappa shape index (κ2) is 7.03. The van der Waals surface area contributed by atoms with Crippen LogP contribution in [0.2, 0.25) is 0 Å². The number of amides is 1. The van der Waals surface area contributed by atoms with Crippen LogP contribution in [-0.2, 0) is 0 Å². The molecular weight excluding hydrogens is 338 g/mol. The van der Waals surface area contributed by atoms with Gasteiger partial charge in [-0.2, -0.15) is 5.10 Å². The first kappa shape index (κ1) is 17.7. The Balaban J connectivity index is 1.75. The highest BCUT2D eigenvalue weighted by Gasteiger charge is 2.16. The van der Waals surface area contributed by atoms with E-state index in [4.69, 9.17) is 0 Å². The van der Waals surface area contributed by atoms with Gasteiger partial charge in [0, 0.05) is 23.5 Å². The molecule has 0 radical (unpaired) electrons. The van der Waals surface area contributed by atoms with Gasteiger partial charge in [-0.05, 0) is 45.0 Å². The molecule has 7 heteroatoms. The summed E-state index contributed by atoms with van der Waals surface area (Å²) in [6.07, 6.45) is 1.44. The van der Waals surface area contributed by atoms with Crippen molar-refractivity contribution in [3.63, 3.8) is 0 Å². The number of pyridine rings is 1. The molecule has 0 aliphatic rings. The summed E-state index contributed by atoms with van der Waals surface area (Å²) < 4.78 is 28.5. The summed E-state index contributed by atoms with van der Waals surface area (Å²) in [6, 6.07) is 7.91. The molecule has 0 saturated heterocycles. The van der Waals surface area contributed by atoms with E-state index in [2.05, 4.69) is 15.4 Å². The van der Waals surface area contributed by atoms with Gasteiger partial charge in [0.1, 0.15) is 11.6 Å². The SMILES string of the molecule is Cc1cc(C)n(-c2ccc(C(=O)NC(C)c3ccc(F)cc3F)cn2)n1. The zero-order chi connectivity index (χ0) is 18.8. The molecular formula is C19H18F2N4O. The van der Waals surface area contributed by atoms with Crippen LogP contribution in [0.3, 0.4) is 0 Å². The van der Waals surface area contributed by atoms with Crippen molar-refractivity contribution in [1.82, 2.24) is 20.1 Å². The summed E-state index contributed by atoms with van der Waals surface area (Å²) in [7, 11) is 0. The summed E-state index contributed by atoms with van der Waals surface area (Å²) in [5.74, 6) is -1.15. The lowest BCUT2D eigenvalue weighted by Crippen LogP contribution is -2.27. The van der Waals surface area contributed by atoms with Crippen molar-refractivity contribution in [2.75, 3.05) is 0 Å². The molecule has 0 bridgehead atoms. The van der Waals surface area contributed by atoms with Crippen LogP contribution in [-0.4, -0.2) is 20.7 Å². The highest BCUT2D eigenvalue weighted by Crippen LogP contribution is 2.18. The third-order valence-corrected chi connectivity index (χ3v) is 4.01. The quantitative estimate of drug-likeness (QED) is 0.776. The van der Waals surface area contributed by atoms with Crippen molar-refractivity contribution in [2.24, 2.45) is 0 Å². The minimum Gasteiger partial charge on any atom is -0.345 e. The van der Waals surface area contributed by atoms with Gasteiger partial charge >= 0.3 is 0 Å². The second-order valence-electron chi connectivity index (χ2n) is 6.10. The third-order valence-electron chi connectivity index (χ3n) is 4.01. The second-order valence-corrected chi connectivity index (χ2v) is 6.10. The number of rotatable bonds is 4. The molecule has 0 aliphatic carbocycles. The number of benzene rings is 1. The van der Waals surface area contributed by atoms with Crippen LogP contribution in [0.1, 0.15) is 40.3 Å². The van der Waals surface area contributed by atoms with Gasteiger partial charge in [0.2, 0.25) is 0 Å². The first-order valence-electron chi connectivity index (χ1n) is 8.10. The predicted octanol–water partition coefficient (Wildman–Crippen LogP) is 3.65. The van der Waals surface area contributed by atoms with Crippen molar-refractivity contribution in [3.05, 3.63) is 76.7 Å². The number of nitrogens with one attached hydrogen (secondary N) is 1. The zero-order valence-corrected chi connectivity index (χ0v) is 14.6. The summed E-state index contributed by atoms with van der Waals surface area (Å²) in [6.45, 7) is 5.44. The Labute approximate surface area is 149 Å². The van der Waals surface area contributed by atoms with E-state index >= 15 is 0 Å². The molecule has 1 atom stereocenters. The molecule has 3 aromatic rings. The van der Waals surface area contributed by atoms with Crippen LogP contribution in [0, 0.1) is 25.5 Å². The van der Waals surface area contributed by atoms with E-state index < -0.39 is 23.6 Å². The van der Waals surface area contributed by atoms with Crippen LogP contribution < -0.4 is 5.32 Å². The molecule has 26 heavy (non-hydrogen) atoms. The molecule has 0 aliphatic heterocycles. The number of carbonyl (C=O) groups excluding carboxylic acids is 1. The highest BCUT2D eigenvalue weighted by molar-refractivity contribution is 5.94. The van der Waals surface area contributed by atoms with Crippen LogP contribution in [0.15, 0.2) is 42.6 Å². The van der Waals surface area contributed by atoms with E-state index in [1.807, 2.05) is 19.9 Å². The monoisotopic (exact) mass is 356 g/mol. The summed E-state index contributed by atoms with van der Waals surface area (Å²) >= 11 is 0. The van der Waals surface area contributed by atoms with Gasteiger partial charge in [-0.3, -0.25) is 4.79 Å². The molecule has 2 heterocycles. The Morgan fingerprint density at radius 1 is 1.15 bits per heavy atom. The van der Waals surface area contributed by atoms with Crippen LogP contribution in [0.4, 0.5) is 8.78 Å². The summed E-state index contributed by atoms with van der Waals surface area (Å²) in [5.41, 5.74) is 2.37. The number of nitrogens with zero attached hydrogens (tertiary/aromatic N) is 3. The van der Waals surface area contributed by atoms with Crippen molar-refractivity contribution in [3.8, 4) is 5.82 Å². The van der Waals surface area contributed by atoms with E-state index in [1.54, 1.807) is 23.7 Å². The molecule has 1 N–H and O–H groups in total. The van der Waals surface area contributed by atoms with Gasteiger partial charge in [-0.1, -0.05) is 6.07 Å². The first-order chi connectivity index (χ1) is 12.3. The Morgan fingerprint density at radius 3 is 2.50 bits per heavy atom. The number of hydrogen-bond donors (Lipinski definition) is 1. The lowest BCUT2D eigenvalue weighted by molar-refractivity contribution is 0.0939. The number of halogens is 2. The normalized spacial score (nSPS) is 12.0. The van der Waals surface area contributed by atoms with Gasteiger partial charge in [0.25, 0.3) is 5.91 Å². The van der Waals surface area contributed by atoms with Gasteiger partial charge < -0.3 is 5.32 Å². The topological polar surface area (TPSA) is 59.8 Å². The van der Waals surface area contributed by atoms with Gasteiger partial charge in [-0.15, -0.1) is 0 Å². The molecule has 3 rings (SSSR count). The largest absolute Gasteiger partial charge is 0.345 e. The van der Waals surface area contributed by atoms with Crippen molar-refractivity contribution in [2.45, 2.75) is 26.8 Å². The number of aryl methyl sites for hydroxylation is 2. The van der Waals surface area contributed by atoms with E-state index in [-0.39, 0.29) is 5.56 Å². The molecule has 0 fully saturated rings. The molecule has 134 valence electrons. The van der Waals surface area contributed by atoms with Crippen molar-refractivity contribution < 1.29 is 13.6 Å². The van der Waals surface area contributed by atoms with Gasteiger partial charge in [0.05, 0.1) is 17.3 Å². The zero-order valence-electron chi connectivity index (χ0n) is 14.6. The van der Waals surface area contributed by atoms with Gasteiger partial charge in [-0.25, -0.2) is 18.4 Å². The maximum atomic E-state index is 13.8. The fourth-order valence-corrected chi connectivity index (χ4v) is 2.72. The lowest BCUT2D eigenvalue weighted by atomic mass is 10.1. The van der Waals surface area contributed by atoms with Crippen molar-refractivity contribution >= 4 is 5.91 Å². The Bertz CT molecular complexity index is 951. The molecule has 1 aromatic carbocycles. The molecule has 0 saturated carbocycles. The standard InChI is InChI=1S/C19H18F2N4O/c1-11-8-12(2)25(24-11)18-7-4-14(10-22-18)19(26)23-13(3)16-6-5-15(20)9-17(16)21/h4-10,13H,1-3H3,(H,23,26). The van der Waals surface area contributed by atoms with Crippen LogP contribution in [0.5, 0.6) is 0 Å².